The number of hydrogen-bond donors (Lipinski definition) is 2. The quantitative estimate of drug-likeness (QED) is 0.788. The van der Waals surface area contributed by atoms with E-state index in [2.05, 4.69) is 10.6 Å². The van der Waals surface area contributed by atoms with E-state index in [1.807, 2.05) is 0 Å². The van der Waals surface area contributed by atoms with Gasteiger partial charge in [-0.15, -0.1) is 0 Å². The molecule has 0 bridgehead atoms. The molecule has 8 heteroatoms. The minimum absolute atomic E-state index is 0.00559. The Morgan fingerprint density at radius 1 is 0.923 bits per heavy atom. The lowest BCUT2D eigenvalue weighted by atomic mass is 9.97. The molecule has 2 rings (SSSR count). The molecule has 1 saturated carbocycles. The molecular weight excluding hydrogens is 359 g/mol. The van der Waals surface area contributed by atoms with Gasteiger partial charge in [-0.3, -0.25) is 9.59 Å². The molecule has 1 aromatic rings. The Hall–Kier alpha value is -1.96. The summed E-state index contributed by atoms with van der Waals surface area (Å²) in [4.78, 5) is 23.9. The summed E-state index contributed by atoms with van der Waals surface area (Å²) in [7, 11) is -3.87. The molecule has 0 unspecified atom stereocenters. The maximum atomic E-state index is 12.8. The summed E-state index contributed by atoms with van der Waals surface area (Å²) in [6.45, 7) is 0. The van der Waals surface area contributed by atoms with Gasteiger partial charge in [-0.1, -0.05) is 32.1 Å². The fourth-order valence-corrected chi connectivity index (χ4v) is 4.11. The standard InChI is InChI=1S/C18H25FN2O4S/c19-14-8-10-16(11-9-14)21-18(23)13-26(24,25)12-17(22)20-15-6-4-2-1-3-5-7-15/h8-11,15H,1-7,12-13H2,(H,20,22)(H,21,23). The Bertz CT molecular complexity index is 711. The minimum atomic E-state index is -3.87. The first-order valence-corrected chi connectivity index (χ1v) is 10.7. The molecule has 0 saturated heterocycles. The van der Waals surface area contributed by atoms with Gasteiger partial charge in [0.15, 0.2) is 9.84 Å². The van der Waals surface area contributed by atoms with Crippen LogP contribution in [0.2, 0.25) is 0 Å². The predicted octanol–water partition coefficient (Wildman–Crippen LogP) is 2.41. The lowest BCUT2D eigenvalue weighted by Crippen LogP contribution is -2.40. The number of halogens is 1. The van der Waals surface area contributed by atoms with Gasteiger partial charge >= 0.3 is 0 Å². The number of hydrogen-bond acceptors (Lipinski definition) is 4. The van der Waals surface area contributed by atoms with E-state index in [1.165, 1.54) is 18.6 Å². The van der Waals surface area contributed by atoms with E-state index in [1.54, 1.807) is 0 Å². The highest BCUT2D eigenvalue weighted by atomic mass is 32.2. The van der Waals surface area contributed by atoms with Gasteiger partial charge in [0.1, 0.15) is 17.3 Å². The molecule has 6 nitrogen and oxygen atoms in total. The second-order valence-corrected chi connectivity index (χ2v) is 8.76. The van der Waals surface area contributed by atoms with Crippen LogP contribution in [0.5, 0.6) is 0 Å². The first kappa shape index (κ1) is 20.4. The number of carbonyl (C=O) groups is 2. The van der Waals surface area contributed by atoms with E-state index in [4.69, 9.17) is 0 Å². The molecule has 1 aliphatic carbocycles. The van der Waals surface area contributed by atoms with Crippen molar-refractivity contribution < 1.29 is 22.4 Å². The Kier molecular flexibility index (Phi) is 7.56. The van der Waals surface area contributed by atoms with Crippen LogP contribution in [-0.2, 0) is 19.4 Å². The van der Waals surface area contributed by atoms with E-state index in [0.717, 1.165) is 50.7 Å². The number of nitrogens with one attached hydrogen (secondary N) is 2. The lowest BCUT2D eigenvalue weighted by molar-refractivity contribution is -0.119. The molecule has 0 aliphatic heterocycles. The molecule has 0 atom stereocenters. The van der Waals surface area contributed by atoms with Gasteiger partial charge < -0.3 is 10.6 Å². The second kappa shape index (κ2) is 9.66. The highest BCUT2D eigenvalue weighted by Crippen LogP contribution is 2.17. The summed E-state index contributed by atoms with van der Waals surface area (Å²) in [6.07, 6.45) is 7.24. The SMILES string of the molecule is O=C(CS(=O)(=O)CC(=O)NC1CCCCCCC1)Nc1ccc(F)cc1. The van der Waals surface area contributed by atoms with E-state index in [-0.39, 0.29) is 6.04 Å². The molecule has 1 fully saturated rings. The van der Waals surface area contributed by atoms with E-state index in [0.29, 0.717) is 5.69 Å². The van der Waals surface area contributed by atoms with Crippen LogP contribution in [0.4, 0.5) is 10.1 Å². The number of sulfone groups is 1. The lowest BCUT2D eigenvalue weighted by Gasteiger charge is -2.21. The smallest absolute Gasteiger partial charge is 0.239 e. The van der Waals surface area contributed by atoms with Crippen molar-refractivity contribution in [2.75, 3.05) is 16.8 Å². The maximum absolute atomic E-state index is 12.8. The van der Waals surface area contributed by atoms with E-state index >= 15 is 0 Å². The van der Waals surface area contributed by atoms with Crippen molar-refractivity contribution >= 4 is 27.3 Å². The van der Waals surface area contributed by atoms with Crippen LogP contribution in [-0.4, -0.2) is 37.8 Å². The molecule has 0 spiro atoms. The van der Waals surface area contributed by atoms with Crippen LogP contribution in [0.3, 0.4) is 0 Å². The highest BCUT2D eigenvalue weighted by molar-refractivity contribution is 7.92. The van der Waals surface area contributed by atoms with Crippen LogP contribution in [0.25, 0.3) is 0 Å². The zero-order valence-corrected chi connectivity index (χ0v) is 15.5. The number of rotatable bonds is 6. The van der Waals surface area contributed by atoms with Gasteiger partial charge in [-0.2, -0.15) is 0 Å². The summed E-state index contributed by atoms with van der Waals surface area (Å²) < 4.78 is 37.0. The summed E-state index contributed by atoms with van der Waals surface area (Å²) in [6, 6.07) is 4.99. The highest BCUT2D eigenvalue weighted by Gasteiger charge is 2.23. The average Bonchev–Trinajstić information content (AvgIpc) is 2.51. The average molecular weight is 384 g/mol. The van der Waals surface area contributed by atoms with Crippen molar-refractivity contribution in [1.82, 2.24) is 5.32 Å². The van der Waals surface area contributed by atoms with Gasteiger partial charge in [-0.05, 0) is 37.1 Å². The Morgan fingerprint density at radius 2 is 1.46 bits per heavy atom. The summed E-state index contributed by atoms with van der Waals surface area (Å²) in [5.41, 5.74) is 0.297. The maximum Gasteiger partial charge on any atom is 0.239 e. The van der Waals surface area contributed by atoms with E-state index in [9.17, 15) is 22.4 Å². The molecule has 144 valence electrons. The fraction of sp³-hybridized carbons (Fsp3) is 0.556. The van der Waals surface area contributed by atoms with Gasteiger partial charge in [0.25, 0.3) is 0 Å². The summed E-state index contributed by atoms with van der Waals surface area (Å²) in [5, 5.41) is 5.16. The van der Waals surface area contributed by atoms with Crippen molar-refractivity contribution in [2.45, 2.75) is 51.0 Å². The van der Waals surface area contributed by atoms with Crippen LogP contribution in [0, 0.1) is 5.82 Å². The number of carbonyl (C=O) groups excluding carboxylic acids is 2. The zero-order valence-electron chi connectivity index (χ0n) is 14.7. The van der Waals surface area contributed by atoms with Crippen molar-refractivity contribution in [3.05, 3.63) is 30.1 Å². The Morgan fingerprint density at radius 3 is 2.08 bits per heavy atom. The van der Waals surface area contributed by atoms with Gasteiger partial charge in [0.2, 0.25) is 11.8 Å². The topological polar surface area (TPSA) is 92.3 Å². The zero-order chi connectivity index (χ0) is 19.0. The molecule has 0 aromatic heterocycles. The third kappa shape index (κ3) is 7.51. The molecule has 0 radical (unpaired) electrons. The molecular formula is C18H25FN2O4S. The molecule has 26 heavy (non-hydrogen) atoms. The van der Waals surface area contributed by atoms with Gasteiger partial charge in [0, 0.05) is 11.7 Å². The molecule has 2 amide bonds. The second-order valence-electron chi connectivity index (χ2n) is 6.70. The molecule has 1 aromatic carbocycles. The third-order valence-electron chi connectivity index (χ3n) is 4.30. The van der Waals surface area contributed by atoms with Crippen LogP contribution in [0.15, 0.2) is 24.3 Å². The van der Waals surface area contributed by atoms with Crippen LogP contribution >= 0.6 is 0 Å². The van der Waals surface area contributed by atoms with Gasteiger partial charge in [0.05, 0.1) is 0 Å². The normalized spacial score (nSPS) is 16.3. The summed E-state index contributed by atoms with van der Waals surface area (Å²) in [5.74, 6) is -3.27. The number of benzene rings is 1. The molecule has 0 heterocycles. The Labute approximate surface area is 153 Å². The van der Waals surface area contributed by atoms with Crippen molar-refractivity contribution in [2.24, 2.45) is 0 Å². The monoisotopic (exact) mass is 384 g/mol. The van der Waals surface area contributed by atoms with Crippen molar-refractivity contribution in [1.29, 1.82) is 0 Å². The predicted molar refractivity (Wildman–Crippen MR) is 97.9 cm³/mol. The van der Waals surface area contributed by atoms with E-state index < -0.39 is 39.0 Å². The molecule has 1 aliphatic rings. The largest absolute Gasteiger partial charge is 0.352 e. The van der Waals surface area contributed by atoms with Crippen molar-refractivity contribution in [3.63, 3.8) is 0 Å². The third-order valence-corrected chi connectivity index (χ3v) is 5.70. The van der Waals surface area contributed by atoms with Crippen LogP contribution < -0.4 is 10.6 Å². The molecule has 2 N–H and O–H groups in total. The summed E-state index contributed by atoms with van der Waals surface area (Å²) >= 11 is 0. The van der Waals surface area contributed by atoms with Crippen molar-refractivity contribution in [3.8, 4) is 0 Å². The Balaban J connectivity index is 1.81. The van der Waals surface area contributed by atoms with Gasteiger partial charge in [-0.25, -0.2) is 12.8 Å². The number of amides is 2. The fourth-order valence-electron chi connectivity index (χ4n) is 3.05. The van der Waals surface area contributed by atoms with Crippen LogP contribution in [0.1, 0.15) is 44.9 Å². The first-order chi connectivity index (χ1) is 12.3. The number of anilines is 1. The first-order valence-electron chi connectivity index (χ1n) is 8.89. The minimum Gasteiger partial charge on any atom is -0.352 e.